The Morgan fingerprint density at radius 2 is 1.06 bits per heavy atom. The molecular formula is C43H42Cl2SiZr-2. The Morgan fingerprint density at radius 1 is 0.532 bits per heavy atom. The molecule has 7 aromatic carbocycles. The number of hydrogen-bond donors (Lipinski definition) is 0. The largest absolute Gasteiger partial charge is 1.00 e. The van der Waals surface area contributed by atoms with Gasteiger partial charge in [-0.05, 0) is 31.9 Å². The minimum Gasteiger partial charge on any atom is -1.00 e. The van der Waals surface area contributed by atoms with Crippen LogP contribution in [0.25, 0.3) is 54.9 Å². The second kappa shape index (κ2) is 17.4. The zero-order valence-corrected chi connectivity index (χ0v) is 33.4. The molecule has 0 N–H and O–H groups in total. The first-order valence-corrected chi connectivity index (χ1v) is 21.9. The first kappa shape index (κ1) is 38.4. The van der Waals surface area contributed by atoms with E-state index in [1.54, 1.807) is 23.3 Å². The molecule has 0 aliphatic rings. The van der Waals surface area contributed by atoms with Crippen LogP contribution in [0.4, 0.5) is 0 Å². The minimum atomic E-state index is 0. The maximum absolute atomic E-state index is 2.35. The molecule has 0 saturated carbocycles. The number of halogens is 2. The first-order valence-electron chi connectivity index (χ1n) is 15.7. The van der Waals surface area contributed by atoms with Crippen molar-refractivity contribution in [3.8, 4) is 33.4 Å². The van der Waals surface area contributed by atoms with E-state index in [2.05, 4.69) is 175 Å². The SMILES string of the molecule is C[Si](C)=[Zr+2].Cc1cc(C)c(-c2cc3c(-c4ccccc4)cccc3[cH-]2)c(C)c1.Cc1cc2c(-c3ccccc3)ccc(C)c2[cH-]1.[Cl-].[Cl-]. The third kappa shape index (κ3) is 9.33. The molecule has 238 valence electrons. The van der Waals surface area contributed by atoms with Gasteiger partial charge in [-0.25, -0.2) is 0 Å². The van der Waals surface area contributed by atoms with Crippen molar-refractivity contribution >= 4 is 27.0 Å². The zero-order chi connectivity index (χ0) is 32.1. The summed E-state index contributed by atoms with van der Waals surface area (Å²) >= 11 is 1.74. The van der Waals surface area contributed by atoms with Crippen LogP contribution in [0.1, 0.15) is 27.8 Å². The van der Waals surface area contributed by atoms with Crippen LogP contribution in [0.3, 0.4) is 0 Å². The maximum Gasteiger partial charge on any atom is -0.0259 e. The fourth-order valence-electron chi connectivity index (χ4n) is 6.34. The number of rotatable bonds is 3. The summed E-state index contributed by atoms with van der Waals surface area (Å²) in [6, 6.07) is 46.1. The maximum atomic E-state index is 2.35. The van der Waals surface area contributed by atoms with E-state index >= 15 is 0 Å². The zero-order valence-electron chi connectivity index (χ0n) is 28.4. The van der Waals surface area contributed by atoms with E-state index in [9.17, 15) is 0 Å². The molecule has 0 amide bonds. The fraction of sp³-hybridized carbons (Fsp3) is 0.163. The fourth-order valence-corrected chi connectivity index (χ4v) is 6.34. The van der Waals surface area contributed by atoms with Crippen LogP contribution in [0.15, 0.2) is 127 Å². The van der Waals surface area contributed by atoms with Crippen molar-refractivity contribution in [1.82, 2.24) is 0 Å². The van der Waals surface area contributed by atoms with Gasteiger partial charge in [0.05, 0.1) is 0 Å². The molecule has 0 atom stereocenters. The van der Waals surface area contributed by atoms with Crippen LogP contribution in [-0.2, 0) is 23.3 Å². The van der Waals surface area contributed by atoms with Crippen LogP contribution < -0.4 is 24.8 Å². The van der Waals surface area contributed by atoms with Crippen molar-refractivity contribution in [2.24, 2.45) is 0 Å². The van der Waals surface area contributed by atoms with E-state index < -0.39 is 0 Å². The molecule has 0 nitrogen and oxygen atoms in total. The Balaban J connectivity index is 0.000000230. The number of hydrogen-bond acceptors (Lipinski definition) is 0. The van der Waals surface area contributed by atoms with Crippen molar-refractivity contribution < 1.29 is 48.1 Å². The molecule has 7 aromatic rings. The van der Waals surface area contributed by atoms with Crippen LogP contribution in [0, 0.1) is 34.6 Å². The van der Waals surface area contributed by atoms with Gasteiger partial charge in [0.1, 0.15) is 0 Å². The molecule has 0 aromatic heterocycles. The summed E-state index contributed by atoms with van der Waals surface area (Å²) < 4.78 is 0. The Morgan fingerprint density at radius 3 is 1.62 bits per heavy atom. The second-order valence-corrected chi connectivity index (χ2v) is 21.7. The smallest absolute Gasteiger partial charge is 0.0259 e. The Kier molecular flexibility index (Phi) is 14.2. The molecule has 0 aliphatic heterocycles. The molecule has 47 heavy (non-hydrogen) atoms. The molecule has 7 rings (SSSR count). The standard InChI is InChI=1S/C24H21.C17H15.C2H6Si.2ClH.Zr/c1-16-12-17(2)24(18(3)13-16)21-14-20-10-7-11-22(23(20)15-21)19-8-5-4-6-9-19;1-12-10-16-13(2)8-9-15(17(16)11-12)14-6-4-3-5-7-14;1-3-2;;;/h4-15H,1-3H3;3-11H,1-2H3;1-2H3;2*1H;/q2*-1;;;;+2/p-2. The number of aryl methyl sites for hydroxylation is 5. The van der Waals surface area contributed by atoms with Gasteiger partial charge in [-0.2, -0.15) is 6.07 Å². The van der Waals surface area contributed by atoms with Gasteiger partial charge in [0.25, 0.3) is 0 Å². The minimum absolute atomic E-state index is 0. The van der Waals surface area contributed by atoms with Gasteiger partial charge in [-0.3, -0.25) is 0 Å². The van der Waals surface area contributed by atoms with Crippen molar-refractivity contribution in [3.63, 3.8) is 0 Å². The van der Waals surface area contributed by atoms with Gasteiger partial charge in [0.15, 0.2) is 0 Å². The molecular weight excluding hydrogens is 707 g/mol. The van der Waals surface area contributed by atoms with Gasteiger partial charge in [-0.1, -0.05) is 138 Å². The van der Waals surface area contributed by atoms with Crippen LogP contribution >= 0.6 is 0 Å². The monoisotopic (exact) mass is 746 g/mol. The van der Waals surface area contributed by atoms with Crippen LogP contribution in [-0.4, -0.2) is 5.43 Å². The van der Waals surface area contributed by atoms with Crippen LogP contribution in [0.2, 0.25) is 13.1 Å². The normalized spacial score (nSPS) is 10.2. The summed E-state index contributed by atoms with van der Waals surface area (Å²) in [5, 5.41) is 5.39. The summed E-state index contributed by atoms with van der Waals surface area (Å²) in [6.07, 6.45) is 0. The van der Waals surface area contributed by atoms with E-state index in [1.165, 1.54) is 82.7 Å². The molecule has 0 aliphatic carbocycles. The van der Waals surface area contributed by atoms with Gasteiger partial charge >= 0.3 is 41.9 Å². The summed E-state index contributed by atoms with van der Waals surface area (Å²) in [5.41, 5.74) is 14.8. The van der Waals surface area contributed by atoms with Crippen molar-refractivity contribution in [1.29, 1.82) is 0 Å². The third-order valence-electron chi connectivity index (χ3n) is 8.14. The van der Waals surface area contributed by atoms with Crippen LogP contribution in [0.5, 0.6) is 0 Å². The molecule has 0 bridgehead atoms. The predicted molar refractivity (Wildman–Crippen MR) is 197 cm³/mol. The Bertz CT molecular complexity index is 2060. The molecule has 0 unspecified atom stereocenters. The Hall–Kier alpha value is -3.00. The van der Waals surface area contributed by atoms with Gasteiger partial charge in [0, 0.05) is 0 Å². The Labute approximate surface area is 309 Å². The third-order valence-corrected chi connectivity index (χ3v) is 8.14. The average Bonchev–Trinajstić information content (AvgIpc) is 3.61. The molecule has 0 saturated heterocycles. The summed E-state index contributed by atoms with van der Waals surface area (Å²) in [6.45, 7) is 15.5. The van der Waals surface area contributed by atoms with E-state index in [4.69, 9.17) is 0 Å². The van der Waals surface area contributed by atoms with Gasteiger partial charge < -0.3 is 24.8 Å². The molecule has 0 spiro atoms. The molecule has 0 radical (unpaired) electrons. The molecule has 4 heteroatoms. The van der Waals surface area contributed by atoms with E-state index in [1.807, 2.05) is 0 Å². The van der Waals surface area contributed by atoms with E-state index in [0.717, 1.165) is 0 Å². The van der Waals surface area contributed by atoms with Crippen molar-refractivity contribution in [2.75, 3.05) is 0 Å². The summed E-state index contributed by atoms with van der Waals surface area (Å²) in [4.78, 5) is 0. The van der Waals surface area contributed by atoms with E-state index in [0.29, 0.717) is 0 Å². The van der Waals surface area contributed by atoms with Crippen molar-refractivity contribution in [2.45, 2.75) is 47.7 Å². The first-order chi connectivity index (χ1) is 21.6. The summed E-state index contributed by atoms with van der Waals surface area (Å²) in [5.74, 6) is 0. The average molecular weight is 749 g/mol. The topological polar surface area (TPSA) is 0 Å². The van der Waals surface area contributed by atoms with Gasteiger partial charge in [-0.15, -0.1) is 68.6 Å². The second-order valence-electron chi connectivity index (χ2n) is 12.3. The molecule has 0 fully saturated rings. The summed E-state index contributed by atoms with van der Waals surface area (Å²) in [7, 11) is 0. The number of fused-ring (bicyclic) bond motifs is 2. The van der Waals surface area contributed by atoms with Crippen molar-refractivity contribution in [3.05, 3.63) is 155 Å². The predicted octanol–water partition coefficient (Wildman–Crippen LogP) is 6.45. The molecule has 0 heterocycles. The number of benzene rings is 5. The van der Waals surface area contributed by atoms with Gasteiger partial charge in [0.2, 0.25) is 0 Å². The quantitative estimate of drug-likeness (QED) is 0.144. The van der Waals surface area contributed by atoms with E-state index in [-0.39, 0.29) is 30.2 Å².